The van der Waals surface area contributed by atoms with E-state index in [1.54, 1.807) is 12.1 Å². The van der Waals surface area contributed by atoms with Crippen LogP contribution in [0.1, 0.15) is 28.8 Å². The van der Waals surface area contributed by atoms with E-state index in [0.717, 1.165) is 6.42 Å². The summed E-state index contributed by atoms with van der Waals surface area (Å²) in [5, 5.41) is 2.74. The van der Waals surface area contributed by atoms with Crippen molar-refractivity contribution in [3.8, 4) is 0 Å². The van der Waals surface area contributed by atoms with Gasteiger partial charge in [-0.25, -0.2) is 0 Å². The van der Waals surface area contributed by atoms with Crippen molar-refractivity contribution in [2.24, 2.45) is 0 Å². The summed E-state index contributed by atoms with van der Waals surface area (Å²) in [6.45, 7) is 1.22. The SMILES string of the molecule is O=C(NC[C@H]1CCOCO1)c1ccc(CCC(F)(F)F)cc1. The third kappa shape index (κ3) is 5.65. The first-order valence-electron chi connectivity index (χ1n) is 7.07. The number of carbonyl (C=O) groups excluding carboxylic acids is 1. The highest BCUT2D eigenvalue weighted by Gasteiger charge is 2.26. The molecule has 0 bridgehead atoms. The van der Waals surface area contributed by atoms with Crippen LogP contribution in [-0.4, -0.2) is 38.1 Å². The van der Waals surface area contributed by atoms with Gasteiger partial charge in [0.2, 0.25) is 0 Å². The predicted octanol–water partition coefficient (Wildman–Crippen LogP) is 2.67. The molecule has 1 aromatic carbocycles. The molecular formula is C15H18F3NO3. The summed E-state index contributed by atoms with van der Waals surface area (Å²) in [6.07, 6.45) is -4.46. The first-order chi connectivity index (χ1) is 10.4. The first kappa shape index (κ1) is 16.8. The van der Waals surface area contributed by atoms with Crippen LogP contribution in [0.5, 0.6) is 0 Å². The Morgan fingerprint density at radius 3 is 2.59 bits per heavy atom. The smallest absolute Gasteiger partial charge is 0.355 e. The minimum Gasteiger partial charge on any atom is -0.355 e. The predicted molar refractivity (Wildman–Crippen MR) is 73.5 cm³/mol. The average molecular weight is 317 g/mol. The molecule has 1 N–H and O–H groups in total. The largest absolute Gasteiger partial charge is 0.389 e. The van der Waals surface area contributed by atoms with Crippen LogP contribution in [-0.2, 0) is 15.9 Å². The van der Waals surface area contributed by atoms with Crippen molar-refractivity contribution in [2.45, 2.75) is 31.5 Å². The molecule has 1 aliphatic heterocycles. The molecule has 1 heterocycles. The maximum atomic E-state index is 12.1. The Labute approximate surface area is 126 Å². The van der Waals surface area contributed by atoms with Crippen LogP contribution in [0.2, 0.25) is 0 Å². The molecule has 1 aliphatic rings. The van der Waals surface area contributed by atoms with E-state index in [4.69, 9.17) is 9.47 Å². The third-order valence-electron chi connectivity index (χ3n) is 3.37. The van der Waals surface area contributed by atoms with Gasteiger partial charge in [-0.05, 0) is 30.5 Å². The number of hydrogen-bond donors (Lipinski definition) is 1. The summed E-state index contributed by atoms with van der Waals surface area (Å²) in [5.74, 6) is -0.266. The molecule has 0 unspecified atom stereocenters. The van der Waals surface area contributed by atoms with Gasteiger partial charge in [0.25, 0.3) is 5.91 Å². The number of hydrogen-bond acceptors (Lipinski definition) is 3. The maximum absolute atomic E-state index is 12.1. The number of amides is 1. The van der Waals surface area contributed by atoms with Crippen LogP contribution < -0.4 is 5.32 Å². The summed E-state index contributed by atoms with van der Waals surface area (Å²) in [5.41, 5.74) is 0.976. The Balaban J connectivity index is 1.80. The molecule has 1 saturated heterocycles. The zero-order valence-electron chi connectivity index (χ0n) is 12.0. The average Bonchev–Trinajstić information content (AvgIpc) is 2.51. The van der Waals surface area contributed by atoms with Gasteiger partial charge in [0, 0.05) is 18.5 Å². The Morgan fingerprint density at radius 2 is 2.00 bits per heavy atom. The van der Waals surface area contributed by atoms with Crippen molar-refractivity contribution in [2.75, 3.05) is 19.9 Å². The number of carbonyl (C=O) groups is 1. The van der Waals surface area contributed by atoms with Crippen LogP contribution in [0, 0.1) is 0 Å². The fraction of sp³-hybridized carbons (Fsp3) is 0.533. The lowest BCUT2D eigenvalue weighted by Crippen LogP contribution is -2.37. The fourth-order valence-corrected chi connectivity index (χ4v) is 2.08. The lowest BCUT2D eigenvalue weighted by Gasteiger charge is -2.22. The summed E-state index contributed by atoms with van der Waals surface area (Å²) >= 11 is 0. The number of aryl methyl sites for hydroxylation is 1. The fourth-order valence-electron chi connectivity index (χ4n) is 2.08. The molecule has 1 atom stereocenters. The number of benzene rings is 1. The molecule has 4 nitrogen and oxygen atoms in total. The summed E-state index contributed by atoms with van der Waals surface area (Å²) in [4.78, 5) is 11.9. The summed E-state index contributed by atoms with van der Waals surface area (Å²) in [7, 11) is 0. The monoisotopic (exact) mass is 317 g/mol. The van der Waals surface area contributed by atoms with Crippen LogP contribution in [0.15, 0.2) is 24.3 Å². The Kier molecular flexibility index (Phi) is 5.79. The van der Waals surface area contributed by atoms with E-state index in [2.05, 4.69) is 5.32 Å². The van der Waals surface area contributed by atoms with E-state index in [9.17, 15) is 18.0 Å². The molecule has 7 heteroatoms. The van der Waals surface area contributed by atoms with Crippen molar-refractivity contribution < 1.29 is 27.4 Å². The highest BCUT2D eigenvalue weighted by Crippen LogP contribution is 2.22. The second kappa shape index (κ2) is 7.60. The summed E-state index contributed by atoms with van der Waals surface area (Å²) < 4.78 is 46.8. The van der Waals surface area contributed by atoms with Gasteiger partial charge < -0.3 is 14.8 Å². The van der Waals surface area contributed by atoms with Crippen molar-refractivity contribution >= 4 is 5.91 Å². The van der Waals surface area contributed by atoms with E-state index in [0.29, 0.717) is 24.3 Å². The normalized spacial score (nSPS) is 19.0. The quantitative estimate of drug-likeness (QED) is 0.908. The number of rotatable bonds is 5. The van der Waals surface area contributed by atoms with Crippen LogP contribution in [0.25, 0.3) is 0 Å². The Bertz CT molecular complexity index is 482. The van der Waals surface area contributed by atoms with Crippen molar-refractivity contribution in [3.63, 3.8) is 0 Å². The highest BCUT2D eigenvalue weighted by atomic mass is 19.4. The van der Waals surface area contributed by atoms with Gasteiger partial charge in [-0.2, -0.15) is 13.2 Å². The molecule has 0 aliphatic carbocycles. The van der Waals surface area contributed by atoms with Crippen molar-refractivity contribution in [1.82, 2.24) is 5.32 Å². The standard InChI is InChI=1S/C15H18F3NO3/c16-15(17,18)7-5-11-1-3-12(4-2-11)14(20)19-9-13-6-8-21-10-22-13/h1-4,13H,5-10H2,(H,19,20)/t13-/m1/s1. The number of ether oxygens (including phenoxy) is 2. The molecule has 0 radical (unpaired) electrons. The number of alkyl halides is 3. The van der Waals surface area contributed by atoms with E-state index in [-0.39, 0.29) is 25.2 Å². The van der Waals surface area contributed by atoms with E-state index in [1.165, 1.54) is 12.1 Å². The van der Waals surface area contributed by atoms with Crippen LogP contribution in [0.3, 0.4) is 0 Å². The second-order valence-corrected chi connectivity index (χ2v) is 5.13. The number of halogens is 3. The molecule has 22 heavy (non-hydrogen) atoms. The molecule has 0 aromatic heterocycles. The van der Waals surface area contributed by atoms with Gasteiger partial charge in [-0.3, -0.25) is 4.79 Å². The van der Waals surface area contributed by atoms with E-state index >= 15 is 0 Å². The van der Waals surface area contributed by atoms with E-state index in [1.807, 2.05) is 0 Å². The van der Waals surface area contributed by atoms with Crippen LogP contribution in [0.4, 0.5) is 13.2 Å². The lowest BCUT2D eigenvalue weighted by molar-refractivity contribution is -0.136. The van der Waals surface area contributed by atoms with Gasteiger partial charge in [0.05, 0.1) is 12.7 Å². The molecule has 2 rings (SSSR count). The Morgan fingerprint density at radius 1 is 1.27 bits per heavy atom. The second-order valence-electron chi connectivity index (χ2n) is 5.13. The number of nitrogens with one attached hydrogen (secondary N) is 1. The Hall–Kier alpha value is -1.60. The van der Waals surface area contributed by atoms with Crippen LogP contribution >= 0.6 is 0 Å². The van der Waals surface area contributed by atoms with Gasteiger partial charge in [-0.15, -0.1) is 0 Å². The van der Waals surface area contributed by atoms with E-state index < -0.39 is 12.6 Å². The highest BCUT2D eigenvalue weighted by molar-refractivity contribution is 5.94. The minimum atomic E-state index is -4.17. The summed E-state index contributed by atoms with van der Waals surface area (Å²) in [6, 6.07) is 6.16. The zero-order valence-corrected chi connectivity index (χ0v) is 12.0. The van der Waals surface area contributed by atoms with Gasteiger partial charge in [-0.1, -0.05) is 12.1 Å². The van der Waals surface area contributed by atoms with Crippen molar-refractivity contribution in [3.05, 3.63) is 35.4 Å². The molecule has 1 fully saturated rings. The van der Waals surface area contributed by atoms with Gasteiger partial charge in [0.15, 0.2) is 0 Å². The molecule has 0 spiro atoms. The zero-order chi connectivity index (χ0) is 16.0. The lowest BCUT2D eigenvalue weighted by atomic mass is 10.1. The van der Waals surface area contributed by atoms with Gasteiger partial charge >= 0.3 is 6.18 Å². The molecular weight excluding hydrogens is 299 g/mol. The van der Waals surface area contributed by atoms with Gasteiger partial charge in [0.1, 0.15) is 6.79 Å². The molecule has 1 aromatic rings. The molecule has 1 amide bonds. The molecule has 0 saturated carbocycles. The third-order valence-corrected chi connectivity index (χ3v) is 3.37. The van der Waals surface area contributed by atoms with Crippen molar-refractivity contribution in [1.29, 1.82) is 0 Å². The maximum Gasteiger partial charge on any atom is 0.389 e. The minimum absolute atomic E-state index is 0.0660. The topological polar surface area (TPSA) is 47.6 Å². The first-order valence-corrected chi connectivity index (χ1v) is 7.07. The molecule has 122 valence electrons.